The molecular formula is C26H31N3O3. The Morgan fingerprint density at radius 1 is 1.12 bits per heavy atom. The molecule has 168 valence electrons. The van der Waals surface area contributed by atoms with Gasteiger partial charge in [-0.25, -0.2) is 4.79 Å². The summed E-state index contributed by atoms with van der Waals surface area (Å²) in [5.41, 5.74) is 2.80. The van der Waals surface area contributed by atoms with Gasteiger partial charge in [0, 0.05) is 42.3 Å². The second-order valence-electron chi connectivity index (χ2n) is 8.60. The molecular weight excluding hydrogens is 402 g/mol. The third-order valence-corrected chi connectivity index (χ3v) is 6.40. The maximum atomic E-state index is 13.0. The third kappa shape index (κ3) is 4.97. The maximum Gasteiger partial charge on any atom is 0.321 e. The fourth-order valence-corrected chi connectivity index (χ4v) is 4.83. The minimum atomic E-state index is -0.656. The van der Waals surface area contributed by atoms with Crippen LogP contribution in [0.1, 0.15) is 36.8 Å². The number of benzene rings is 2. The first-order valence-corrected chi connectivity index (χ1v) is 11.3. The Bertz CT molecular complexity index is 965. The lowest BCUT2D eigenvalue weighted by atomic mass is 9.74. The van der Waals surface area contributed by atoms with Gasteiger partial charge < -0.3 is 20.4 Å². The van der Waals surface area contributed by atoms with Crippen LogP contribution in [0, 0.1) is 11.8 Å². The molecule has 2 aromatic rings. The quantitative estimate of drug-likeness (QED) is 0.651. The van der Waals surface area contributed by atoms with Gasteiger partial charge in [-0.15, -0.1) is 0 Å². The minimum absolute atomic E-state index is 0.0616. The van der Waals surface area contributed by atoms with Crippen molar-refractivity contribution in [3.8, 4) is 11.8 Å². The van der Waals surface area contributed by atoms with Crippen LogP contribution in [0.5, 0.6) is 0 Å². The van der Waals surface area contributed by atoms with E-state index in [1.165, 1.54) is 0 Å². The number of carbonyl (C=O) groups excluding carboxylic acids is 1. The fourth-order valence-electron chi connectivity index (χ4n) is 4.83. The van der Waals surface area contributed by atoms with E-state index >= 15 is 0 Å². The molecule has 0 unspecified atom stereocenters. The molecule has 4 atom stereocenters. The average molecular weight is 434 g/mol. The van der Waals surface area contributed by atoms with Gasteiger partial charge in [-0.1, -0.05) is 42.2 Å². The number of hydrogen-bond acceptors (Lipinski definition) is 4. The monoisotopic (exact) mass is 433 g/mol. The summed E-state index contributed by atoms with van der Waals surface area (Å²) in [5, 5.41) is 22.5. The van der Waals surface area contributed by atoms with Crippen molar-refractivity contribution in [2.24, 2.45) is 0 Å². The van der Waals surface area contributed by atoms with Crippen molar-refractivity contribution in [2.75, 3.05) is 31.6 Å². The molecule has 3 N–H and O–H groups in total. The van der Waals surface area contributed by atoms with Gasteiger partial charge in [-0.3, -0.25) is 4.90 Å². The first-order valence-electron chi connectivity index (χ1n) is 11.3. The highest BCUT2D eigenvalue weighted by atomic mass is 16.3. The number of anilines is 1. The summed E-state index contributed by atoms with van der Waals surface area (Å²) in [6.07, 6.45) is 1.30. The lowest BCUT2D eigenvalue weighted by Crippen LogP contribution is -2.68. The number of aliphatic hydroxyl groups excluding tert-OH is 2. The highest BCUT2D eigenvalue weighted by Crippen LogP contribution is 2.42. The molecule has 0 saturated carbocycles. The molecule has 2 fully saturated rings. The summed E-state index contributed by atoms with van der Waals surface area (Å²) in [5.74, 6) is 5.89. The van der Waals surface area contributed by atoms with Crippen LogP contribution in [0.25, 0.3) is 0 Å². The van der Waals surface area contributed by atoms with Crippen LogP contribution >= 0.6 is 0 Å². The zero-order valence-corrected chi connectivity index (χ0v) is 18.4. The molecule has 4 rings (SSSR count). The molecule has 0 spiro atoms. The van der Waals surface area contributed by atoms with E-state index in [-0.39, 0.29) is 30.6 Å². The van der Waals surface area contributed by atoms with Crippen molar-refractivity contribution in [2.45, 2.75) is 43.9 Å². The summed E-state index contributed by atoms with van der Waals surface area (Å²) in [4.78, 5) is 17.3. The van der Waals surface area contributed by atoms with Gasteiger partial charge in [0.15, 0.2) is 0 Å². The second kappa shape index (κ2) is 10.2. The predicted molar refractivity (Wildman–Crippen MR) is 125 cm³/mol. The van der Waals surface area contributed by atoms with Crippen LogP contribution in [0.15, 0.2) is 54.6 Å². The van der Waals surface area contributed by atoms with E-state index in [4.69, 9.17) is 0 Å². The number of urea groups is 1. The zero-order chi connectivity index (χ0) is 22.5. The number of fused-ring (bicyclic) bond motifs is 1. The van der Waals surface area contributed by atoms with Gasteiger partial charge in [0.2, 0.25) is 0 Å². The number of hydrogen-bond donors (Lipinski definition) is 3. The van der Waals surface area contributed by atoms with E-state index in [1.807, 2.05) is 47.4 Å². The second-order valence-corrected chi connectivity index (χ2v) is 8.60. The van der Waals surface area contributed by atoms with Gasteiger partial charge in [0.05, 0.1) is 6.61 Å². The van der Waals surface area contributed by atoms with Gasteiger partial charge in [0.25, 0.3) is 0 Å². The van der Waals surface area contributed by atoms with Crippen molar-refractivity contribution < 1.29 is 15.0 Å². The van der Waals surface area contributed by atoms with E-state index in [1.54, 1.807) is 6.92 Å². The van der Waals surface area contributed by atoms with Crippen molar-refractivity contribution in [1.82, 2.24) is 9.80 Å². The summed E-state index contributed by atoms with van der Waals surface area (Å²) in [7, 11) is 0. The zero-order valence-electron chi connectivity index (χ0n) is 18.4. The summed E-state index contributed by atoms with van der Waals surface area (Å²) < 4.78 is 0. The lowest BCUT2D eigenvalue weighted by Gasteiger charge is -2.57. The van der Waals surface area contributed by atoms with E-state index in [2.05, 4.69) is 34.2 Å². The average Bonchev–Trinajstić information content (AvgIpc) is 2.78. The molecule has 0 aromatic heterocycles. The Hall–Kier alpha value is -2.85. The van der Waals surface area contributed by atoms with E-state index in [0.29, 0.717) is 6.54 Å². The molecule has 0 bridgehead atoms. The number of nitrogens with one attached hydrogen (secondary N) is 1. The molecule has 32 heavy (non-hydrogen) atoms. The molecule has 0 aliphatic carbocycles. The number of nitrogens with zero attached hydrogens (tertiary/aromatic N) is 2. The Balaban J connectivity index is 1.51. The number of amides is 2. The van der Waals surface area contributed by atoms with Crippen molar-refractivity contribution in [3.63, 3.8) is 0 Å². The summed E-state index contributed by atoms with van der Waals surface area (Å²) in [6, 6.07) is 17.7. The summed E-state index contributed by atoms with van der Waals surface area (Å²) >= 11 is 0. The Morgan fingerprint density at radius 2 is 1.84 bits per heavy atom. The Kier molecular flexibility index (Phi) is 7.11. The molecule has 6 heteroatoms. The first-order chi connectivity index (χ1) is 15.6. The molecule has 2 aromatic carbocycles. The molecule has 0 radical (unpaired) electrons. The van der Waals surface area contributed by atoms with Crippen molar-refractivity contribution in [1.29, 1.82) is 0 Å². The van der Waals surface area contributed by atoms with Crippen LogP contribution in [0.3, 0.4) is 0 Å². The Labute approximate surface area is 189 Å². The number of aliphatic hydroxyl groups is 2. The number of rotatable bonds is 3. The largest absolute Gasteiger partial charge is 0.395 e. The Morgan fingerprint density at radius 3 is 2.53 bits per heavy atom. The van der Waals surface area contributed by atoms with E-state index in [9.17, 15) is 15.0 Å². The SMILES string of the molecule is C[C@@H](O)C#Cc1ccc([C@H]2[C@H]3CN(C(=O)Nc4ccccc4)CCCCN3[C@H]2CO)cc1. The third-order valence-electron chi connectivity index (χ3n) is 6.40. The van der Waals surface area contributed by atoms with Crippen LogP contribution in [-0.2, 0) is 0 Å². The van der Waals surface area contributed by atoms with Crippen LogP contribution in [0.4, 0.5) is 10.5 Å². The number of carbonyl (C=O) groups is 1. The van der Waals surface area contributed by atoms with Gasteiger partial charge in [0.1, 0.15) is 6.10 Å². The van der Waals surface area contributed by atoms with E-state index < -0.39 is 6.10 Å². The normalized spacial score (nSPS) is 24.1. The van der Waals surface area contributed by atoms with Crippen LogP contribution in [-0.4, -0.2) is 70.5 Å². The van der Waals surface area contributed by atoms with E-state index in [0.717, 1.165) is 42.7 Å². The minimum Gasteiger partial charge on any atom is -0.395 e. The highest BCUT2D eigenvalue weighted by molar-refractivity contribution is 5.89. The maximum absolute atomic E-state index is 13.0. The molecule has 2 amide bonds. The summed E-state index contributed by atoms with van der Waals surface area (Å²) in [6.45, 7) is 4.04. The highest BCUT2D eigenvalue weighted by Gasteiger charge is 2.49. The molecule has 2 heterocycles. The van der Waals surface area contributed by atoms with Crippen LogP contribution in [0.2, 0.25) is 0 Å². The van der Waals surface area contributed by atoms with Gasteiger partial charge >= 0.3 is 6.03 Å². The van der Waals surface area contributed by atoms with Crippen molar-refractivity contribution in [3.05, 3.63) is 65.7 Å². The lowest BCUT2D eigenvalue weighted by molar-refractivity contribution is -0.0585. The van der Waals surface area contributed by atoms with Crippen LogP contribution < -0.4 is 5.32 Å². The first kappa shape index (κ1) is 22.3. The van der Waals surface area contributed by atoms with Crippen molar-refractivity contribution >= 4 is 11.7 Å². The number of para-hydroxylation sites is 1. The molecule has 2 saturated heterocycles. The molecule has 2 aliphatic heterocycles. The van der Waals surface area contributed by atoms with Gasteiger partial charge in [-0.05, 0) is 56.1 Å². The standard InChI is InChI=1S/C26H31N3O3/c1-19(31)9-10-20-11-13-21(14-12-20)25-23-17-28(15-5-6-16-29(23)24(25)18-30)26(32)27-22-7-3-2-4-8-22/h2-4,7-8,11-14,19,23-25,30-31H,5-6,15-18H2,1H3,(H,27,32)/t19-,23-,24+,25+/m1/s1. The molecule has 6 nitrogen and oxygen atoms in total. The smallest absolute Gasteiger partial charge is 0.321 e. The predicted octanol–water partition coefficient (Wildman–Crippen LogP) is 2.88. The topological polar surface area (TPSA) is 76.0 Å². The fraction of sp³-hybridized carbons (Fsp3) is 0.423. The van der Waals surface area contributed by atoms with Gasteiger partial charge in [-0.2, -0.15) is 0 Å². The molecule has 2 aliphatic rings.